The normalized spacial score (nSPS) is 12.5. The number of hydrogen-bond acceptors (Lipinski definition) is 6. The Bertz CT molecular complexity index is 650. The van der Waals surface area contributed by atoms with Gasteiger partial charge in [-0.15, -0.1) is 0 Å². The summed E-state index contributed by atoms with van der Waals surface area (Å²) in [5, 5.41) is 0. The van der Waals surface area contributed by atoms with Crippen molar-refractivity contribution in [1.82, 2.24) is 9.55 Å². The van der Waals surface area contributed by atoms with Gasteiger partial charge in [0.2, 0.25) is 6.79 Å². The van der Waals surface area contributed by atoms with Crippen LogP contribution in [0.1, 0.15) is 10.5 Å². The molecule has 98 valence electrons. The standard InChI is InChI=1S/C12H11N3O4/c1-17-12(16)10-11(13)15(5-14-10)7-2-3-8-9(4-7)19-6-18-8/h2-5H,6,13H2,1H3. The van der Waals surface area contributed by atoms with Gasteiger partial charge in [0, 0.05) is 6.07 Å². The van der Waals surface area contributed by atoms with Crippen LogP contribution in [0.4, 0.5) is 5.82 Å². The Morgan fingerprint density at radius 1 is 1.42 bits per heavy atom. The minimum absolute atomic E-state index is 0.0835. The zero-order valence-corrected chi connectivity index (χ0v) is 10.1. The summed E-state index contributed by atoms with van der Waals surface area (Å²) in [5.41, 5.74) is 6.69. The monoisotopic (exact) mass is 261 g/mol. The number of rotatable bonds is 2. The van der Waals surface area contributed by atoms with Gasteiger partial charge in [-0.2, -0.15) is 0 Å². The lowest BCUT2D eigenvalue weighted by atomic mass is 10.2. The highest BCUT2D eigenvalue weighted by Crippen LogP contribution is 2.34. The maximum atomic E-state index is 11.4. The van der Waals surface area contributed by atoms with Gasteiger partial charge >= 0.3 is 5.97 Å². The van der Waals surface area contributed by atoms with Crippen LogP contribution in [0.25, 0.3) is 5.69 Å². The van der Waals surface area contributed by atoms with E-state index >= 15 is 0 Å². The van der Waals surface area contributed by atoms with Crippen molar-refractivity contribution in [2.45, 2.75) is 0 Å². The van der Waals surface area contributed by atoms with Crippen LogP contribution in [0.3, 0.4) is 0 Å². The molecular weight excluding hydrogens is 250 g/mol. The summed E-state index contributed by atoms with van der Waals surface area (Å²) >= 11 is 0. The largest absolute Gasteiger partial charge is 0.464 e. The predicted molar refractivity (Wildman–Crippen MR) is 65.4 cm³/mol. The van der Waals surface area contributed by atoms with Gasteiger partial charge in [0.25, 0.3) is 0 Å². The molecule has 7 nitrogen and oxygen atoms in total. The fraction of sp³-hybridized carbons (Fsp3) is 0.167. The van der Waals surface area contributed by atoms with E-state index in [1.807, 2.05) is 0 Å². The molecule has 1 aromatic heterocycles. The Balaban J connectivity index is 2.03. The van der Waals surface area contributed by atoms with Gasteiger partial charge in [-0.05, 0) is 12.1 Å². The first kappa shape index (κ1) is 11.4. The van der Waals surface area contributed by atoms with Gasteiger partial charge in [-0.3, -0.25) is 4.57 Å². The quantitative estimate of drug-likeness (QED) is 0.810. The lowest BCUT2D eigenvalue weighted by Gasteiger charge is -2.06. The first-order chi connectivity index (χ1) is 9.20. The Morgan fingerprint density at radius 2 is 2.21 bits per heavy atom. The maximum absolute atomic E-state index is 11.4. The van der Waals surface area contributed by atoms with Gasteiger partial charge in [0.15, 0.2) is 17.2 Å². The van der Waals surface area contributed by atoms with E-state index in [1.54, 1.807) is 22.8 Å². The van der Waals surface area contributed by atoms with Crippen molar-refractivity contribution >= 4 is 11.8 Å². The molecule has 0 bridgehead atoms. The zero-order chi connectivity index (χ0) is 13.4. The number of fused-ring (bicyclic) bond motifs is 1. The number of nitrogens with zero attached hydrogens (tertiary/aromatic N) is 2. The molecule has 0 spiro atoms. The van der Waals surface area contributed by atoms with E-state index < -0.39 is 5.97 Å². The Hall–Kier alpha value is -2.70. The van der Waals surface area contributed by atoms with E-state index in [0.29, 0.717) is 11.5 Å². The number of hydrogen-bond donors (Lipinski definition) is 1. The second-order valence-corrected chi connectivity index (χ2v) is 3.88. The van der Waals surface area contributed by atoms with Crippen LogP contribution in [0.15, 0.2) is 24.5 Å². The van der Waals surface area contributed by atoms with Crippen molar-refractivity contribution in [2.24, 2.45) is 0 Å². The number of carbonyl (C=O) groups excluding carboxylic acids is 1. The zero-order valence-electron chi connectivity index (χ0n) is 10.1. The fourth-order valence-corrected chi connectivity index (χ4v) is 1.85. The SMILES string of the molecule is COC(=O)c1ncn(-c2ccc3c(c2)OCO3)c1N. The molecule has 0 saturated carbocycles. The van der Waals surface area contributed by atoms with Crippen LogP contribution < -0.4 is 15.2 Å². The second kappa shape index (κ2) is 4.20. The third-order valence-electron chi connectivity index (χ3n) is 2.82. The molecule has 0 fully saturated rings. The highest BCUT2D eigenvalue weighted by Gasteiger charge is 2.19. The van der Waals surface area contributed by atoms with Gasteiger partial charge in [0.1, 0.15) is 12.1 Å². The van der Waals surface area contributed by atoms with Crippen molar-refractivity contribution < 1.29 is 19.0 Å². The number of nitrogen functional groups attached to an aromatic ring is 1. The van der Waals surface area contributed by atoms with Gasteiger partial charge in [-0.1, -0.05) is 0 Å². The summed E-state index contributed by atoms with van der Waals surface area (Å²) in [6, 6.07) is 5.34. The number of methoxy groups -OCH3 is 1. The van der Waals surface area contributed by atoms with Crippen molar-refractivity contribution in [2.75, 3.05) is 19.6 Å². The Morgan fingerprint density at radius 3 is 3.00 bits per heavy atom. The minimum atomic E-state index is -0.572. The summed E-state index contributed by atoms with van der Waals surface area (Å²) in [6.07, 6.45) is 1.46. The Kier molecular flexibility index (Phi) is 2.52. The number of benzene rings is 1. The molecule has 0 aliphatic carbocycles. The molecule has 1 aromatic carbocycles. The van der Waals surface area contributed by atoms with E-state index in [1.165, 1.54) is 13.4 Å². The highest BCUT2D eigenvalue weighted by atomic mass is 16.7. The van der Waals surface area contributed by atoms with Crippen LogP contribution in [-0.4, -0.2) is 29.4 Å². The molecule has 2 heterocycles. The topological polar surface area (TPSA) is 88.6 Å². The predicted octanol–water partition coefficient (Wildman–Crippen LogP) is 0.970. The molecule has 0 radical (unpaired) electrons. The van der Waals surface area contributed by atoms with Crippen molar-refractivity contribution in [3.05, 3.63) is 30.2 Å². The van der Waals surface area contributed by atoms with E-state index in [-0.39, 0.29) is 18.3 Å². The summed E-state index contributed by atoms with van der Waals surface area (Å²) < 4.78 is 16.7. The maximum Gasteiger partial charge on any atom is 0.360 e. The summed E-state index contributed by atoms with van der Waals surface area (Å²) in [4.78, 5) is 15.4. The van der Waals surface area contributed by atoms with Crippen LogP contribution >= 0.6 is 0 Å². The van der Waals surface area contributed by atoms with Gasteiger partial charge < -0.3 is 19.9 Å². The fourth-order valence-electron chi connectivity index (χ4n) is 1.85. The molecule has 2 N–H and O–H groups in total. The average Bonchev–Trinajstić information content (AvgIpc) is 3.03. The van der Waals surface area contributed by atoms with Crippen LogP contribution in [-0.2, 0) is 4.74 Å². The third-order valence-corrected chi connectivity index (χ3v) is 2.82. The second-order valence-electron chi connectivity index (χ2n) is 3.88. The van der Waals surface area contributed by atoms with Gasteiger partial charge in [-0.25, -0.2) is 9.78 Å². The summed E-state index contributed by atoms with van der Waals surface area (Å²) in [7, 11) is 1.28. The molecule has 0 unspecified atom stereocenters. The number of nitrogens with two attached hydrogens (primary N) is 1. The average molecular weight is 261 g/mol. The van der Waals surface area contributed by atoms with Crippen molar-refractivity contribution in [1.29, 1.82) is 0 Å². The van der Waals surface area contributed by atoms with Crippen molar-refractivity contribution in [3.63, 3.8) is 0 Å². The number of carbonyl (C=O) groups is 1. The number of imidazole rings is 1. The van der Waals surface area contributed by atoms with E-state index in [9.17, 15) is 4.79 Å². The lowest BCUT2D eigenvalue weighted by molar-refractivity contribution is 0.0596. The molecule has 1 aliphatic heterocycles. The number of aromatic nitrogens is 2. The molecule has 19 heavy (non-hydrogen) atoms. The van der Waals surface area contributed by atoms with Crippen molar-refractivity contribution in [3.8, 4) is 17.2 Å². The molecule has 1 aliphatic rings. The number of ether oxygens (including phenoxy) is 3. The van der Waals surface area contributed by atoms with E-state index in [2.05, 4.69) is 9.72 Å². The molecule has 7 heteroatoms. The minimum Gasteiger partial charge on any atom is -0.464 e. The van der Waals surface area contributed by atoms with Crippen LogP contribution in [0, 0.1) is 0 Å². The van der Waals surface area contributed by atoms with E-state index in [0.717, 1.165) is 5.69 Å². The first-order valence-electron chi connectivity index (χ1n) is 5.52. The summed E-state index contributed by atoms with van der Waals surface area (Å²) in [6.45, 7) is 0.200. The first-order valence-corrected chi connectivity index (χ1v) is 5.52. The molecule has 0 amide bonds. The number of anilines is 1. The van der Waals surface area contributed by atoms with Gasteiger partial charge in [0.05, 0.1) is 12.8 Å². The third kappa shape index (κ3) is 1.75. The lowest BCUT2D eigenvalue weighted by Crippen LogP contribution is -2.07. The van der Waals surface area contributed by atoms with Crippen LogP contribution in [0.5, 0.6) is 11.5 Å². The summed E-state index contributed by atoms with van der Waals surface area (Å²) in [5.74, 6) is 0.948. The molecule has 2 aromatic rings. The molecule has 0 saturated heterocycles. The smallest absolute Gasteiger partial charge is 0.360 e. The molecule has 0 atom stereocenters. The van der Waals surface area contributed by atoms with Crippen LogP contribution in [0.2, 0.25) is 0 Å². The molecule has 3 rings (SSSR count). The Labute approximate surface area is 108 Å². The highest BCUT2D eigenvalue weighted by molar-refractivity contribution is 5.92. The number of esters is 1. The molecular formula is C12H11N3O4. The van der Waals surface area contributed by atoms with E-state index in [4.69, 9.17) is 15.2 Å².